The fourth-order valence-corrected chi connectivity index (χ4v) is 2.24. The minimum Gasteiger partial charge on any atom is -0.478 e. The van der Waals surface area contributed by atoms with Crippen molar-refractivity contribution < 1.29 is 27.8 Å². The molecule has 2 aromatic rings. The lowest BCUT2D eigenvalue weighted by molar-refractivity contribution is -0.155. The first-order chi connectivity index (χ1) is 11.6. The molecule has 0 saturated carbocycles. The fourth-order valence-electron chi connectivity index (χ4n) is 2.01. The molecule has 0 aromatic carbocycles. The predicted octanol–water partition coefficient (Wildman–Crippen LogP) is 3.97. The van der Waals surface area contributed by atoms with Gasteiger partial charge in [0.05, 0.1) is 12.0 Å². The lowest BCUT2D eigenvalue weighted by Crippen LogP contribution is -2.29. The van der Waals surface area contributed by atoms with Crippen molar-refractivity contribution in [3.63, 3.8) is 0 Å². The number of nitrogens with zero attached hydrogens (tertiary/aromatic N) is 3. The van der Waals surface area contributed by atoms with Crippen LogP contribution in [0.25, 0.3) is 5.82 Å². The first-order valence-electron chi connectivity index (χ1n) is 7.26. The number of halogens is 4. The zero-order valence-electron chi connectivity index (χ0n) is 13.3. The molecule has 6 nitrogen and oxygen atoms in total. The minimum absolute atomic E-state index is 0.00295. The molecule has 1 unspecified atom stereocenters. The molecule has 136 valence electrons. The number of aromatic nitrogens is 3. The third-order valence-electron chi connectivity index (χ3n) is 3.31. The van der Waals surface area contributed by atoms with Gasteiger partial charge in [-0.05, 0) is 18.1 Å². The number of carboxylic acids is 1. The lowest BCUT2D eigenvalue weighted by atomic mass is 10.0. The molecule has 0 amide bonds. The predicted molar refractivity (Wildman–Crippen MR) is 83.3 cm³/mol. The van der Waals surface area contributed by atoms with Gasteiger partial charge >= 0.3 is 12.1 Å². The Morgan fingerprint density at radius 1 is 1.36 bits per heavy atom. The Morgan fingerprint density at radius 3 is 2.56 bits per heavy atom. The maximum atomic E-state index is 12.6. The van der Waals surface area contributed by atoms with Gasteiger partial charge in [-0.1, -0.05) is 25.4 Å². The molecule has 2 aromatic heterocycles. The van der Waals surface area contributed by atoms with E-state index in [2.05, 4.69) is 10.1 Å². The fraction of sp³-hybridized carbons (Fsp3) is 0.400. The highest BCUT2D eigenvalue weighted by Gasteiger charge is 2.34. The number of ether oxygens (including phenoxy) is 1. The Morgan fingerprint density at radius 2 is 2.04 bits per heavy atom. The van der Waals surface area contributed by atoms with Crippen LogP contribution in [0.1, 0.15) is 30.6 Å². The summed E-state index contributed by atoms with van der Waals surface area (Å²) in [7, 11) is 0. The van der Waals surface area contributed by atoms with Crippen molar-refractivity contribution in [2.24, 2.45) is 5.92 Å². The Bertz CT molecular complexity index is 762. The minimum atomic E-state index is -4.35. The monoisotopic (exact) mass is 377 g/mol. The van der Waals surface area contributed by atoms with Crippen LogP contribution in [0.15, 0.2) is 24.4 Å². The highest BCUT2D eigenvalue weighted by atomic mass is 35.5. The summed E-state index contributed by atoms with van der Waals surface area (Å²) in [4.78, 5) is 14.8. The normalized spacial score (nSPS) is 13.1. The molecule has 10 heteroatoms. The molecule has 2 heterocycles. The Hall–Kier alpha value is -2.29. The summed E-state index contributed by atoms with van der Waals surface area (Å²) in [6.45, 7) is 3.25. The highest BCUT2D eigenvalue weighted by Crippen LogP contribution is 2.27. The number of hydrogen-bond donors (Lipinski definition) is 1. The van der Waals surface area contributed by atoms with Gasteiger partial charge in [-0.15, -0.1) is 5.10 Å². The topological polar surface area (TPSA) is 77.2 Å². The van der Waals surface area contributed by atoms with Crippen molar-refractivity contribution in [2.45, 2.75) is 32.5 Å². The van der Waals surface area contributed by atoms with E-state index in [1.54, 1.807) is 13.8 Å². The van der Waals surface area contributed by atoms with Crippen molar-refractivity contribution >= 4 is 17.6 Å². The lowest BCUT2D eigenvalue weighted by Gasteiger charge is -2.22. The van der Waals surface area contributed by atoms with Crippen LogP contribution in [-0.2, 0) is 0 Å². The smallest absolute Gasteiger partial charge is 0.392 e. The molecule has 0 bridgehead atoms. The molecule has 25 heavy (non-hydrogen) atoms. The van der Waals surface area contributed by atoms with E-state index in [0.29, 0.717) is 0 Å². The summed E-state index contributed by atoms with van der Waals surface area (Å²) in [5.74, 6) is -1.38. The highest BCUT2D eigenvalue weighted by molar-refractivity contribution is 6.32. The van der Waals surface area contributed by atoms with Gasteiger partial charge in [0.2, 0.25) is 5.88 Å². The van der Waals surface area contributed by atoms with E-state index >= 15 is 0 Å². The largest absolute Gasteiger partial charge is 0.478 e. The second-order valence-corrected chi connectivity index (χ2v) is 5.99. The quantitative estimate of drug-likeness (QED) is 0.770. The summed E-state index contributed by atoms with van der Waals surface area (Å²) in [5, 5.41) is 12.7. The molecule has 0 aliphatic carbocycles. The van der Waals surface area contributed by atoms with Gasteiger partial charge in [0.25, 0.3) is 0 Å². The maximum Gasteiger partial charge on any atom is 0.392 e. The molecule has 1 atom stereocenters. The molecule has 0 aliphatic heterocycles. The number of carbonyl (C=O) groups is 1. The van der Waals surface area contributed by atoms with Crippen LogP contribution >= 0.6 is 11.6 Å². The van der Waals surface area contributed by atoms with E-state index in [1.807, 2.05) is 0 Å². The van der Waals surface area contributed by atoms with E-state index in [0.717, 1.165) is 0 Å². The summed E-state index contributed by atoms with van der Waals surface area (Å²) in [6.07, 6.45) is -5.08. The van der Waals surface area contributed by atoms with Gasteiger partial charge in [-0.3, -0.25) is 0 Å². The molecular weight excluding hydrogens is 363 g/mol. The van der Waals surface area contributed by atoms with Crippen LogP contribution in [0.3, 0.4) is 0 Å². The molecular formula is C15H15ClF3N3O3. The van der Waals surface area contributed by atoms with E-state index in [1.165, 1.54) is 29.1 Å². The Kier molecular flexibility index (Phi) is 5.56. The van der Waals surface area contributed by atoms with Crippen LogP contribution in [0.2, 0.25) is 5.15 Å². The van der Waals surface area contributed by atoms with Crippen molar-refractivity contribution in [3.05, 3.63) is 35.1 Å². The average molecular weight is 378 g/mol. The van der Waals surface area contributed by atoms with Crippen LogP contribution in [0, 0.1) is 5.92 Å². The Balaban J connectivity index is 2.19. The Labute approximate surface area is 146 Å². The third kappa shape index (κ3) is 5.09. The van der Waals surface area contributed by atoms with E-state index in [-0.39, 0.29) is 28.3 Å². The van der Waals surface area contributed by atoms with Crippen LogP contribution in [-0.4, -0.2) is 38.1 Å². The number of pyridine rings is 1. The zero-order chi connectivity index (χ0) is 18.8. The van der Waals surface area contributed by atoms with Crippen molar-refractivity contribution in [1.82, 2.24) is 14.8 Å². The zero-order valence-corrected chi connectivity index (χ0v) is 14.0. The van der Waals surface area contributed by atoms with Gasteiger partial charge in [0.1, 0.15) is 11.3 Å². The van der Waals surface area contributed by atoms with E-state index in [9.17, 15) is 18.0 Å². The summed E-state index contributed by atoms with van der Waals surface area (Å²) >= 11 is 5.79. The number of aromatic carboxylic acids is 1. The molecule has 0 saturated heterocycles. The number of rotatable bonds is 6. The molecule has 2 rings (SSSR count). The molecule has 0 radical (unpaired) electrons. The molecule has 1 N–H and O–H groups in total. The first kappa shape index (κ1) is 19.0. The molecule has 0 aliphatic rings. The van der Waals surface area contributed by atoms with E-state index < -0.39 is 24.7 Å². The standard InChI is InChI=1S/C15H15ClF3N3O3/c1-8(2)10(7-15(17,18)19)25-12-5-6-22(21-12)11-4-3-9(14(23)24)13(16)20-11/h3-6,8,10H,7H2,1-2H3,(H,23,24). The molecule has 0 spiro atoms. The average Bonchev–Trinajstić information content (AvgIpc) is 2.93. The molecule has 0 fully saturated rings. The van der Waals surface area contributed by atoms with Gasteiger partial charge in [0, 0.05) is 12.3 Å². The van der Waals surface area contributed by atoms with Gasteiger partial charge < -0.3 is 9.84 Å². The van der Waals surface area contributed by atoms with E-state index in [4.69, 9.17) is 21.4 Å². The van der Waals surface area contributed by atoms with Crippen molar-refractivity contribution in [1.29, 1.82) is 0 Å². The van der Waals surface area contributed by atoms with Crippen molar-refractivity contribution in [3.8, 4) is 11.7 Å². The van der Waals surface area contributed by atoms with Gasteiger partial charge in [-0.2, -0.15) is 13.2 Å². The SMILES string of the molecule is CC(C)C(CC(F)(F)F)Oc1ccn(-c2ccc(C(=O)O)c(Cl)n2)n1. The van der Waals surface area contributed by atoms with Crippen LogP contribution in [0.5, 0.6) is 5.88 Å². The van der Waals surface area contributed by atoms with Gasteiger partial charge in [-0.25, -0.2) is 14.5 Å². The first-order valence-corrected chi connectivity index (χ1v) is 7.64. The summed E-state index contributed by atoms with van der Waals surface area (Å²) < 4.78 is 44.4. The van der Waals surface area contributed by atoms with Gasteiger partial charge in [0.15, 0.2) is 5.82 Å². The van der Waals surface area contributed by atoms with Crippen molar-refractivity contribution in [2.75, 3.05) is 0 Å². The number of carboxylic acid groups (broad SMARTS) is 1. The summed E-state index contributed by atoms with van der Waals surface area (Å²) in [5.41, 5.74) is -0.168. The third-order valence-corrected chi connectivity index (χ3v) is 3.60. The van der Waals surface area contributed by atoms with Crippen LogP contribution < -0.4 is 4.74 Å². The number of hydrogen-bond acceptors (Lipinski definition) is 4. The second kappa shape index (κ2) is 7.30. The summed E-state index contributed by atoms with van der Waals surface area (Å²) in [6, 6.07) is 4.03. The van der Waals surface area contributed by atoms with Crippen LogP contribution in [0.4, 0.5) is 13.2 Å². The number of alkyl halides is 3. The second-order valence-electron chi connectivity index (χ2n) is 5.63. The maximum absolute atomic E-state index is 12.6.